The third-order valence-corrected chi connectivity index (χ3v) is 5.63. The van der Waals surface area contributed by atoms with Crippen LogP contribution in [0.2, 0.25) is 0 Å². The zero-order chi connectivity index (χ0) is 22.4. The van der Waals surface area contributed by atoms with Crippen LogP contribution in [-0.2, 0) is 9.53 Å². The van der Waals surface area contributed by atoms with Crippen molar-refractivity contribution in [3.05, 3.63) is 51.4 Å². The molecule has 1 aromatic heterocycles. The SMILES string of the molecule is CCC(C(=O)Nc1sc(C(=O)NCCN)c(C)c1C(=O)OC)c1cc(F)cc(F)c1. The van der Waals surface area contributed by atoms with Gasteiger partial charge in [0, 0.05) is 19.2 Å². The molecule has 0 saturated carbocycles. The van der Waals surface area contributed by atoms with E-state index in [1.54, 1.807) is 13.8 Å². The molecular weight excluding hydrogens is 416 g/mol. The van der Waals surface area contributed by atoms with Gasteiger partial charge in [0.2, 0.25) is 5.91 Å². The summed E-state index contributed by atoms with van der Waals surface area (Å²) in [5, 5.41) is 5.35. The van der Waals surface area contributed by atoms with Gasteiger partial charge in [0.25, 0.3) is 5.91 Å². The minimum Gasteiger partial charge on any atom is -0.465 e. The standard InChI is InChI=1S/C20H23F2N3O4S/c1-4-14(11-7-12(21)9-13(22)8-11)17(26)25-19-15(20(28)29-3)10(2)16(30-19)18(27)24-6-5-23/h7-9,14H,4-6,23H2,1-3H3,(H,24,27)(H,25,26). The predicted octanol–water partition coefficient (Wildman–Crippen LogP) is 2.94. The van der Waals surface area contributed by atoms with Gasteiger partial charge in [0.15, 0.2) is 0 Å². The van der Waals surface area contributed by atoms with E-state index in [1.807, 2.05) is 0 Å². The van der Waals surface area contributed by atoms with Crippen molar-refractivity contribution >= 4 is 34.1 Å². The van der Waals surface area contributed by atoms with E-state index in [-0.39, 0.29) is 40.5 Å². The van der Waals surface area contributed by atoms with Crippen LogP contribution >= 0.6 is 11.3 Å². The largest absolute Gasteiger partial charge is 0.465 e. The van der Waals surface area contributed by atoms with Gasteiger partial charge in [-0.2, -0.15) is 0 Å². The van der Waals surface area contributed by atoms with Gasteiger partial charge >= 0.3 is 5.97 Å². The summed E-state index contributed by atoms with van der Waals surface area (Å²) in [4.78, 5) is 37.7. The Morgan fingerprint density at radius 3 is 2.37 bits per heavy atom. The van der Waals surface area contributed by atoms with Crippen LogP contribution in [-0.4, -0.2) is 38.0 Å². The highest BCUT2D eigenvalue weighted by molar-refractivity contribution is 7.18. The normalized spacial score (nSPS) is 11.7. The van der Waals surface area contributed by atoms with Crippen molar-refractivity contribution in [2.45, 2.75) is 26.2 Å². The molecule has 0 aliphatic carbocycles. The van der Waals surface area contributed by atoms with E-state index >= 15 is 0 Å². The van der Waals surface area contributed by atoms with Gasteiger partial charge in [-0.1, -0.05) is 6.92 Å². The van der Waals surface area contributed by atoms with E-state index in [4.69, 9.17) is 10.5 Å². The number of benzene rings is 1. The van der Waals surface area contributed by atoms with Crippen LogP contribution < -0.4 is 16.4 Å². The first kappa shape index (κ1) is 23.4. The summed E-state index contributed by atoms with van der Waals surface area (Å²) in [6, 6.07) is 2.89. The van der Waals surface area contributed by atoms with Crippen LogP contribution in [0.15, 0.2) is 18.2 Å². The Bertz CT molecular complexity index is 942. The summed E-state index contributed by atoms with van der Waals surface area (Å²) in [5.41, 5.74) is 5.96. The van der Waals surface area contributed by atoms with Crippen molar-refractivity contribution in [2.75, 3.05) is 25.5 Å². The van der Waals surface area contributed by atoms with Crippen molar-refractivity contribution in [3.63, 3.8) is 0 Å². The number of thiophene rings is 1. The van der Waals surface area contributed by atoms with Crippen LogP contribution in [0.4, 0.5) is 13.8 Å². The molecule has 0 radical (unpaired) electrons. The Balaban J connectivity index is 2.40. The van der Waals surface area contributed by atoms with Crippen molar-refractivity contribution in [1.82, 2.24) is 5.32 Å². The molecule has 2 amide bonds. The van der Waals surface area contributed by atoms with E-state index in [9.17, 15) is 23.2 Å². The number of halogens is 2. The third-order valence-electron chi connectivity index (χ3n) is 4.42. The second-order valence-electron chi connectivity index (χ2n) is 6.45. The lowest BCUT2D eigenvalue weighted by molar-refractivity contribution is -0.117. The highest BCUT2D eigenvalue weighted by Gasteiger charge is 2.28. The lowest BCUT2D eigenvalue weighted by atomic mass is 9.95. The Morgan fingerprint density at radius 1 is 1.20 bits per heavy atom. The van der Waals surface area contributed by atoms with Crippen LogP contribution in [0, 0.1) is 18.6 Å². The molecule has 0 bridgehead atoms. The second kappa shape index (κ2) is 10.3. The molecular formula is C20H23F2N3O4S. The van der Waals surface area contributed by atoms with Gasteiger partial charge in [0.05, 0.1) is 23.5 Å². The molecule has 1 atom stereocenters. The van der Waals surface area contributed by atoms with Crippen molar-refractivity contribution in [2.24, 2.45) is 5.73 Å². The van der Waals surface area contributed by atoms with E-state index in [0.717, 1.165) is 29.5 Å². The van der Waals surface area contributed by atoms with Crippen LogP contribution in [0.5, 0.6) is 0 Å². The van der Waals surface area contributed by atoms with Crippen molar-refractivity contribution in [3.8, 4) is 0 Å². The Morgan fingerprint density at radius 2 is 1.83 bits per heavy atom. The van der Waals surface area contributed by atoms with Crippen molar-refractivity contribution < 1.29 is 27.9 Å². The Kier molecular flexibility index (Phi) is 8.01. The molecule has 162 valence electrons. The molecule has 1 aromatic carbocycles. The number of carbonyl (C=O) groups excluding carboxylic acids is 3. The number of nitrogens with one attached hydrogen (secondary N) is 2. The maximum Gasteiger partial charge on any atom is 0.341 e. The number of carbonyl (C=O) groups is 3. The molecule has 0 aliphatic rings. The fourth-order valence-corrected chi connectivity index (χ4v) is 4.09. The molecule has 30 heavy (non-hydrogen) atoms. The molecule has 0 aliphatic heterocycles. The number of methoxy groups -OCH3 is 1. The number of ether oxygens (including phenoxy) is 1. The summed E-state index contributed by atoms with van der Waals surface area (Å²) in [5.74, 6) is -4.18. The molecule has 4 N–H and O–H groups in total. The lowest BCUT2D eigenvalue weighted by Crippen LogP contribution is -2.28. The van der Waals surface area contributed by atoms with Gasteiger partial charge in [0.1, 0.15) is 16.6 Å². The quantitative estimate of drug-likeness (QED) is 0.548. The molecule has 1 heterocycles. The molecule has 2 rings (SSSR count). The average molecular weight is 439 g/mol. The number of hydrogen-bond donors (Lipinski definition) is 3. The second-order valence-corrected chi connectivity index (χ2v) is 7.47. The van der Waals surface area contributed by atoms with Gasteiger partial charge in [-0.3, -0.25) is 9.59 Å². The maximum atomic E-state index is 13.6. The van der Waals surface area contributed by atoms with Gasteiger partial charge < -0.3 is 21.1 Å². The zero-order valence-electron chi connectivity index (χ0n) is 16.8. The summed E-state index contributed by atoms with van der Waals surface area (Å²) in [6.07, 6.45) is 0.260. The minimum atomic E-state index is -0.863. The summed E-state index contributed by atoms with van der Waals surface area (Å²) in [7, 11) is 1.18. The molecule has 2 aromatic rings. The first-order valence-electron chi connectivity index (χ1n) is 9.20. The van der Waals surface area contributed by atoms with Gasteiger partial charge in [-0.25, -0.2) is 13.6 Å². The first-order valence-corrected chi connectivity index (χ1v) is 10.0. The lowest BCUT2D eigenvalue weighted by Gasteiger charge is -2.15. The highest BCUT2D eigenvalue weighted by atomic mass is 32.1. The number of hydrogen-bond acceptors (Lipinski definition) is 6. The molecule has 0 saturated heterocycles. The summed E-state index contributed by atoms with van der Waals surface area (Å²) >= 11 is 0.912. The average Bonchev–Trinajstić information content (AvgIpc) is 3.01. The highest BCUT2D eigenvalue weighted by Crippen LogP contribution is 2.35. The number of esters is 1. The molecule has 10 heteroatoms. The molecule has 1 unspecified atom stereocenters. The minimum absolute atomic E-state index is 0.0500. The molecule has 7 nitrogen and oxygen atoms in total. The van der Waals surface area contributed by atoms with E-state index in [0.29, 0.717) is 5.56 Å². The van der Waals surface area contributed by atoms with Crippen molar-refractivity contribution in [1.29, 1.82) is 0 Å². The van der Waals surface area contributed by atoms with E-state index < -0.39 is 35.3 Å². The number of nitrogens with two attached hydrogens (primary N) is 1. The third kappa shape index (κ3) is 5.19. The zero-order valence-corrected chi connectivity index (χ0v) is 17.6. The Labute approximate surface area is 176 Å². The Hall–Kier alpha value is -2.85. The number of anilines is 1. The smallest absolute Gasteiger partial charge is 0.341 e. The van der Waals surface area contributed by atoms with Crippen LogP contribution in [0.1, 0.15) is 50.4 Å². The molecule has 0 spiro atoms. The predicted molar refractivity (Wildman–Crippen MR) is 110 cm³/mol. The van der Waals surface area contributed by atoms with Gasteiger partial charge in [-0.15, -0.1) is 11.3 Å². The maximum absolute atomic E-state index is 13.6. The summed E-state index contributed by atoms with van der Waals surface area (Å²) in [6.45, 7) is 3.75. The summed E-state index contributed by atoms with van der Waals surface area (Å²) < 4.78 is 32.0. The van der Waals surface area contributed by atoms with E-state index in [1.165, 1.54) is 7.11 Å². The number of amides is 2. The fourth-order valence-electron chi connectivity index (χ4n) is 2.98. The number of rotatable bonds is 8. The van der Waals surface area contributed by atoms with Crippen LogP contribution in [0.25, 0.3) is 0 Å². The van der Waals surface area contributed by atoms with Crippen LogP contribution in [0.3, 0.4) is 0 Å². The molecule has 0 fully saturated rings. The fraction of sp³-hybridized carbons (Fsp3) is 0.350. The topological polar surface area (TPSA) is 111 Å². The van der Waals surface area contributed by atoms with Gasteiger partial charge in [-0.05, 0) is 36.6 Å². The van der Waals surface area contributed by atoms with E-state index in [2.05, 4.69) is 10.6 Å². The monoisotopic (exact) mass is 439 g/mol. The first-order chi connectivity index (χ1) is 14.2.